The summed E-state index contributed by atoms with van der Waals surface area (Å²) in [5, 5.41) is 0. The lowest BCUT2D eigenvalue weighted by atomic mass is 10.1. The van der Waals surface area contributed by atoms with Crippen molar-refractivity contribution >= 4 is 38.8 Å². The van der Waals surface area contributed by atoms with Crippen LogP contribution in [0.15, 0.2) is 46.9 Å². The van der Waals surface area contributed by atoms with Gasteiger partial charge in [0.05, 0.1) is 0 Å². The molecule has 0 saturated carbocycles. The van der Waals surface area contributed by atoms with Crippen molar-refractivity contribution in [2.75, 3.05) is 11.9 Å². The summed E-state index contributed by atoms with van der Waals surface area (Å²) < 4.78 is 1.09. The van der Waals surface area contributed by atoms with Crippen LogP contribution in [-0.4, -0.2) is 12.0 Å². The first-order chi connectivity index (χ1) is 9.49. The van der Waals surface area contributed by atoms with Gasteiger partial charge in [0, 0.05) is 29.3 Å². The quantitative estimate of drug-likeness (QED) is 0.845. The largest absolute Gasteiger partial charge is 0.389 e. The van der Waals surface area contributed by atoms with E-state index in [0.29, 0.717) is 4.99 Å². The van der Waals surface area contributed by atoms with Gasteiger partial charge < -0.3 is 10.6 Å². The molecule has 0 aliphatic carbocycles. The second-order valence-corrected chi connectivity index (χ2v) is 6.18. The van der Waals surface area contributed by atoms with E-state index in [2.05, 4.69) is 53.0 Å². The van der Waals surface area contributed by atoms with Gasteiger partial charge >= 0.3 is 0 Å². The molecule has 0 radical (unpaired) electrons. The van der Waals surface area contributed by atoms with Gasteiger partial charge in [0.25, 0.3) is 0 Å². The molecule has 4 heteroatoms. The lowest BCUT2D eigenvalue weighted by molar-refractivity contribution is 0.915. The fraction of sp³-hybridized carbons (Fsp3) is 0.188. The molecule has 0 aliphatic heterocycles. The third kappa shape index (κ3) is 3.38. The van der Waals surface area contributed by atoms with E-state index >= 15 is 0 Å². The Morgan fingerprint density at radius 1 is 1.25 bits per heavy atom. The molecular formula is C16H17BrN2S. The lowest BCUT2D eigenvalue weighted by Gasteiger charge is -2.24. The molecule has 0 heterocycles. The monoisotopic (exact) mass is 348 g/mol. The third-order valence-electron chi connectivity index (χ3n) is 3.19. The van der Waals surface area contributed by atoms with Gasteiger partial charge in [-0.25, -0.2) is 0 Å². The van der Waals surface area contributed by atoms with Crippen LogP contribution in [-0.2, 0) is 6.54 Å². The third-order valence-corrected chi connectivity index (χ3v) is 3.91. The molecule has 2 aromatic rings. The van der Waals surface area contributed by atoms with Gasteiger partial charge in [-0.1, -0.05) is 52.4 Å². The number of nitrogens with two attached hydrogens (primary N) is 1. The molecule has 0 aromatic heterocycles. The molecule has 0 unspecified atom stereocenters. The molecular weight excluding hydrogens is 332 g/mol. The number of hydrogen-bond donors (Lipinski definition) is 1. The predicted octanol–water partition coefficient (Wildman–Crippen LogP) is 4.03. The summed E-state index contributed by atoms with van der Waals surface area (Å²) in [5.74, 6) is 0. The highest BCUT2D eigenvalue weighted by atomic mass is 79.9. The van der Waals surface area contributed by atoms with E-state index in [1.807, 2.05) is 24.3 Å². The average molecular weight is 349 g/mol. The van der Waals surface area contributed by atoms with Crippen LogP contribution in [0.3, 0.4) is 0 Å². The molecule has 104 valence electrons. The van der Waals surface area contributed by atoms with Gasteiger partial charge in [0.15, 0.2) is 0 Å². The number of benzene rings is 2. The minimum Gasteiger partial charge on any atom is -0.389 e. The van der Waals surface area contributed by atoms with Crippen LogP contribution in [0.2, 0.25) is 0 Å². The number of hydrogen-bond acceptors (Lipinski definition) is 2. The maximum atomic E-state index is 5.84. The summed E-state index contributed by atoms with van der Waals surface area (Å²) in [6.45, 7) is 2.88. The van der Waals surface area contributed by atoms with Gasteiger partial charge in [0.2, 0.25) is 0 Å². The van der Waals surface area contributed by atoms with Crippen LogP contribution in [0.1, 0.15) is 16.7 Å². The maximum Gasteiger partial charge on any atom is 0.106 e. The average Bonchev–Trinajstić information content (AvgIpc) is 2.38. The zero-order chi connectivity index (χ0) is 14.7. The highest BCUT2D eigenvalue weighted by Crippen LogP contribution is 2.26. The zero-order valence-corrected chi connectivity index (χ0v) is 14.0. The number of aryl methyl sites for hydroxylation is 1. The van der Waals surface area contributed by atoms with E-state index in [9.17, 15) is 0 Å². The lowest BCUT2D eigenvalue weighted by Crippen LogP contribution is -2.22. The minimum absolute atomic E-state index is 0.435. The van der Waals surface area contributed by atoms with Crippen molar-refractivity contribution < 1.29 is 0 Å². The molecule has 0 saturated heterocycles. The van der Waals surface area contributed by atoms with E-state index in [4.69, 9.17) is 18.0 Å². The Hall–Kier alpha value is -1.39. The van der Waals surface area contributed by atoms with Crippen molar-refractivity contribution in [1.29, 1.82) is 0 Å². The number of rotatable bonds is 4. The molecule has 2 aromatic carbocycles. The fourth-order valence-electron chi connectivity index (χ4n) is 2.35. The van der Waals surface area contributed by atoms with Crippen molar-refractivity contribution in [3.05, 3.63) is 63.6 Å². The highest BCUT2D eigenvalue weighted by molar-refractivity contribution is 9.10. The fourth-order valence-corrected chi connectivity index (χ4v) is 2.96. The Kier molecular flexibility index (Phi) is 4.78. The van der Waals surface area contributed by atoms with E-state index < -0.39 is 0 Å². The normalized spacial score (nSPS) is 10.3. The van der Waals surface area contributed by atoms with Crippen molar-refractivity contribution in [3.8, 4) is 0 Å². The SMILES string of the molecule is Cc1cccc(C(N)=S)c1N(C)Cc1cccc(Br)c1. The number of halogens is 1. The molecule has 2 nitrogen and oxygen atoms in total. The first-order valence-electron chi connectivity index (χ1n) is 6.34. The Labute approximate surface area is 133 Å². The second kappa shape index (κ2) is 6.37. The summed E-state index contributed by atoms with van der Waals surface area (Å²) in [5.41, 5.74) is 10.3. The Morgan fingerprint density at radius 2 is 1.95 bits per heavy atom. The van der Waals surface area contributed by atoms with E-state index in [1.54, 1.807) is 0 Å². The molecule has 2 N–H and O–H groups in total. The molecule has 0 fully saturated rings. The predicted molar refractivity (Wildman–Crippen MR) is 93.3 cm³/mol. The number of nitrogens with zero attached hydrogens (tertiary/aromatic N) is 1. The smallest absolute Gasteiger partial charge is 0.106 e. The number of para-hydroxylation sites is 1. The van der Waals surface area contributed by atoms with Crippen LogP contribution in [0, 0.1) is 6.92 Å². The highest BCUT2D eigenvalue weighted by Gasteiger charge is 2.12. The topological polar surface area (TPSA) is 29.3 Å². The summed E-state index contributed by atoms with van der Waals surface area (Å²) >= 11 is 8.66. The molecule has 0 bridgehead atoms. The van der Waals surface area contributed by atoms with E-state index in [1.165, 1.54) is 11.1 Å². The van der Waals surface area contributed by atoms with Crippen molar-refractivity contribution in [2.45, 2.75) is 13.5 Å². The van der Waals surface area contributed by atoms with Crippen molar-refractivity contribution in [1.82, 2.24) is 0 Å². The van der Waals surface area contributed by atoms with E-state index in [0.717, 1.165) is 22.3 Å². The Morgan fingerprint density at radius 3 is 2.60 bits per heavy atom. The summed E-state index contributed by atoms with van der Waals surface area (Å²) in [4.78, 5) is 2.62. The summed E-state index contributed by atoms with van der Waals surface area (Å²) in [7, 11) is 2.06. The molecule has 0 amide bonds. The van der Waals surface area contributed by atoms with Crippen molar-refractivity contribution in [3.63, 3.8) is 0 Å². The summed E-state index contributed by atoms with van der Waals surface area (Å²) in [6, 6.07) is 14.3. The van der Waals surface area contributed by atoms with Gasteiger partial charge in [-0.2, -0.15) is 0 Å². The second-order valence-electron chi connectivity index (χ2n) is 4.82. The van der Waals surface area contributed by atoms with Crippen molar-refractivity contribution in [2.24, 2.45) is 5.73 Å². The maximum absolute atomic E-state index is 5.84. The van der Waals surface area contributed by atoms with Crippen LogP contribution >= 0.6 is 28.1 Å². The first-order valence-corrected chi connectivity index (χ1v) is 7.54. The van der Waals surface area contributed by atoms with Gasteiger partial charge in [0.1, 0.15) is 4.99 Å². The number of anilines is 1. The minimum atomic E-state index is 0.435. The van der Waals surface area contributed by atoms with Crippen LogP contribution < -0.4 is 10.6 Å². The first kappa shape index (κ1) is 15.0. The van der Waals surface area contributed by atoms with Gasteiger partial charge in [-0.3, -0.25) is 0 Å². The van der Waals surface area contributed by atoms with Gasteiger partial charge in [-0.05, 0) is 36.2 Å². The zero-order valence-electron chi connectivity index (χ0n) is 11.6. The molecule has 0 atom stereocenters. The number of thiocarbonyl (C=S) groups is 1. The van der Waals surface area contributed by atoms with E-state index in [-0.39, 0.29) is 0 Å². The Bertz CT molecular complexity index is 640. The van der Waals surface area contributed by atoms with Gasteiger partial charge in [-0.15, -0.1) is 0 Å². The Balaban J connectivity index is 2.34. The standard InChI is InChI=1S/C16H17BrN2S/c1-11-5-3-8-14(16(18)20)15(11)19(2)10-12-6-4-7-13(17)9-12/h3-9H,10H2,1-2H3,(H2,18,20). The summed E-state index contributed by atoms with van der Waals surface area (Å²) in [6.07, 6.45) is 0. The van der Waals surface area contributed by atoms with Crippen LogP contribution in [0.25, 0.3) is 0 Å². The van der Waals surface area contributed by atoms with Crippen LogP contribution in [0.5, 0.6) is 0 Å². The molecule has 20 heavy (non-hydrogen) atoms. The molecule has 0 spiro atoms. The molecule has 2 rings (SSSR count). The molecule has 0 aliphatic rings. The van der Waals surface area contributed by atoms with Crippen LogP contribution in [0.4, 0.5) is 5.69 Å².